The average molecular weight is 600 g/mol. The van der Waals surface area contributed by atoms with Crippen molar-refractivity contribution in [1.82, 2.24) is 10.2 Å². The van der Waals surface area contributed by atoms with Gasteiger partial charge in [0.2, 0.25) is 0 Å². The molecule has 0 spiro atoms. The van der Waals surface area contributed by atoms with Crippen molar-refractivity contribution in [1.29, 1.82) is 0 Å². The van der Waals surface area contributed by atoms with Crippen molar-refractivity contribution in [2.24, 2.45) is 5.92 Å². The molecule has 1 atom stereocenters. The van der Waals surface area contributed by atoms with Gasteiger partial charge in [-0.2, -0.15) is 26.3 Å². The molecule has 7 nitrogen and oxygen atoms in total. The molecule has 228 valence electrons. The molecule has 13 heteroatoms. The Bertz CT molecular complexity index is 1340. The van der Waals surface area contributed by atoms with Crippen molar-refractivity contribution < 1.29 is 45.5 Å². The van der Waals surface area contributed by atoms with Crippen LogP contribution in [0.15, 0.2) is 53.7 Å². The van der Waals surface area contributed by atoms with Gasteiger partial charge < -0.3 is 15.4 Å². The second-order valence-electron chi connectivity index (χ2n) is 10.3. The predicted molar refractivity (Wildman–Crippen MR) is 142 cm³/mol. The van der Waals surface area contributed by atoms with Crippen LogP contribution in [-0.2, 0) is 21.9 Å². The van der Waals surface area contributed by atoms with Gasteiger partial charge in [0.15, 0.2) is 0 Å². The van der Waals surface area contributed by atoms with Crippen LogP contribution in [0.25, 0.3) is 0 Å². The average Bonchev–Trinajstić information content (AvgIpc) is 2.90. The molecule has 2 N–H and O–H groups in total. The minimum absolute atomic E-state index is 0.0127. The number of halogens is 6. The summed E-state index contributed by atoms with van der Waals surface area (Å²) in [6.07, 6.45) is -8.76. The number of ether oxygens (including phenoxy) is 1. The third kappa shape index (κ3) is 7.83. The molecule has 1 unspecified atom stereocenters. The molecule has 0 aliphatic carbocycles. The number of nitrogens with one attached hydrogen (secondary N) is 2. The Balaban J connectivity index is 1.98. The molecule has 2 aromatic rings. The number of amides is 3. The number of carbonyl (C=O) groups is 3. The fourth-order valence-electron chi connectivity index (χ4n) is 4.29. The molecule has 0 aromatic heterocycles. The number of urea groups is 1. The molecule has 1 aliphatic heterocycles. The van der Waals surface area contributed by atoms with Crippen LogP contribution < -0.4 is 10.6 Å². The van der Waals surface area contributed by atoms with Crippen LogP contribution in [0.5, 0.6) is 0 Å². The maximum atomic E-state index is 13.3. The first kappa shape index (κ1) is 32.5. The van der Waals surface area contributed by atoms with Gasteiger partial charge in [-0.3, -0.25) is 9.69 Å². The molecular formula is C29H31F6N3O4. The smallest absolute Gasteiger partial charge is 0.416 e. The van der Waals surface area contributed by atoms with Crippen LogP contribution in [0, 0.1) is 5.92 Å². The number of esters is 1. The lowest BCUT2D eigenvalue weighted by Crippen LogP contribution is -2.48. The van der Waals surface area contributed by atoms with E-state index in [9.17, 15) is 40.7 Å². The molecule has 2 aromatic carbocycles. The summed E-state index contributed by atoms with van der Waals surface area (Å²) in [6, 6.07) is 4.86. The Labute approximate surface area is 238 Å². The van der Waals surface area contributed by atoms with Crippen LogP contribution in [0.3, 0.4) is 0 Å². The highest BCUT2D eigenvalue weighted by atomic mass is 19.4. The summed E-state index contributed by atoms with van der Waals surface area (Å²) in [7, 11) is 0. The SMILES string of the molecule is CCCCN1C(=O)NC(c2cccc(NC(=O)c3cc(C(F)(F)F)cc(C(F)(F)F)c3)c2)C(C(=O)OCC(C)C)=C1C. The lowest BCUT2D eigenvalue weighted by Gasteiger charge is -2.35. The number of benzene rings is 2. The van der Waals surface area contributed by atoms with E-state index < -0.39 is 53.0 Å². The van der Waals surface area contributed by atoms with E-state index in [-0.39, 0.29) is 29.9 Å². The maximum absolute atomic E-state index is 13.3. The molecule has 0 radical (unpaired) electrons. The molecule has 3 amide bonds. The Hall–Kier alpha value is -4.03. The van der Waals surface area contributed by atoms with E-state index in [4.69, 9.17) is 4.74 Å². The highest BCUT2D eigenvalue weighted by Gasteiger charge is 2.38. The number of alkyl halides is 6. The molecule has 1 heterocycles. The summed E-state index contributed by atoms with van der Waals surface area (Å²) in [6.45, 7) is 7.76. The molecule has 0 bridgehead atoms. The monoisotopic (exact) mass is 599 g/mol. The predicted octanol–water partition coefficient (Wildman–Crippen LogP) is 7.32. The molecule has 1 aliphatic rings. The minimum Gasteiger partial charge on any atom is -0.462 e. The summed E-state index contributed by atoms with van der Waals surface area (Å²) < 4.78 is 85.1. The second-order valence-corrected chi connectivity index (χ2v) is 10.3. The summed E-state index contributed by atoms with van der Waals surface area (Å²) >= 11 is 0. The third-order valence-electron chi connectivity index (χ3n) is 6.43. The molecule has 0 fully saturated rings. The third-order valence-corrected chi connectivity index (χ3v) is 6.43. The summed E-state index contributed by atoms with van der Waals surface area (Å²) in [5.74, 6) is -1.84. The highest BCUT2D eigenvalue weighted by molar-refractivity contribution is 6.04. The van der Waals surface area contributed by atoms with Gasteiger partial charge >= 0.3 is 24.4 Å². The van der Waals surface area contributed by atoms with Gasteiger partial charge in [-0.15, -0.1) is 0 Å². The fraction of sp³-hybridized carbons (Fsp3) is 0.414. The van der Waals surface area contributed by atoms with Crippen LogP contribution >= 0.6 is 0 Å². The van der Waals surface area contributed by atoms with Crippen molar-refractivity contribution in [3.63, 3.8) is 0 Å². The van der Waals surface area contributed by atoms with Gasteiger partial charge in [0.05, 0.1) is 29.3 Å². The highest BCUT2D eigenvalue weighted by Crippen LogP contribution is 2.37. The molecule has 0 saturated heterocycles. The van der Waals surface area contributed by atoms with Crippen molar-refractivity contribution in [3.05, 3.63) is 76.0 Å². The minimum atomic E-state index is -5.12. The Kier molecular flexibility index (Phi) is 9.95. The number of allylic oxidation sites excluding steroid dienone is 1. The molecule has 0 saturated carbocycles. The number of hydrogen-bond donors (Lipinski definition) is 2. The van der Waals surface area contributed by atoms with Crippen LogP contribution in [0.1, 0.15) is 73.6 Å². The number of rotatable bonds is 9. The first-order chi connectivity index (χ1) is 19.5. The Morgan fingerprint density at radius 2 is 1.64 bits per heavy atom. The summed E-state index contributed by atoms with van der Waals surface area (Å²) in [5.41, 5.74) is -3.23. The zero-order chi connectivity index (χ0) is 31.4. The van der Waals surface area contributed by atoms with Gasteiger partial charge in [0.1, 0.15) is 0 Å². The number of anilines is 1. The van der Waals surface area contributed by atoms with E-state index in [0.717, 1.165) is 6.42 Å². The van der Waals surface area contributed by atoms with Crippen LogP contribution in [0.4, 0.5) is 36.8 Å². The van der Waals surface area contributed by atoms with Crippen LogP contribution in [0.2, 0.25) is 0 Å². The van der Waals surface area contributed by atoms with E-state index in [1.807, 2.05) is 20.8 Å². The summed E-state index contributed by atoms with van der Waals surface area (Å²) in [4.78, 5) is 40.4. The van der Waals surface area contributed by atoms with Gasteiger partial charge in [-0.25, -0.2) is 9.59 Å². The van der Waals surface area contributed by atoms with Crippen LogP contribution in [-0.4, -0.2) is 36.0 Å². The van der Waals surface area contributed by atoms with Crippen molar-refractivity contribution in [2.75, 3.05) is 18.5 Å². The molecular weight excluding hydrogens is 568 g/mol. The normalized spacial score (nSPS) is 16.0. The van der Waals surface area contributed by atoms with Gasteiger partial charge in [-0.05, 0) is 55.2 Å². The quantitative estimate of drug-likeness (QED) is 0.234. The van der Waals surface area contributed by atoms with E-state index in [1.165, 1.54) is 23.1 Å². The lowest BCUT2D eigenvalue weighted by atomic mass is 9.94. The largest absolute Gasteiger partial charge is 0.462 e. The van der Waals surface area contributed by atoms with Crippen molar-refractivity contribution >= 4 is 23.6 Å². The summed E-state index contributed by atoms with van der Waals surface area (Å²) in [5, 5.41) is 5.08. The fourth-order valence-corrected chi connectivity index (χ4v) is 4.29. The number of carbonyl (C=O) groups excluding carboxylic acids is 3. The molecule has 3 rings (SSSR count). The Morgan fingerprint density at radius 1 is 1.02 bits per heavy atom. The standard InChI is InChI=1S/C29H31F6N3O4/c1-5-6-10-38-17(4)23(26(40)42-15-16(2)3)24(37-27(38)41)18-8-7-9-22(13-18)36-25(39)19-11-20(28(30,31)32)14-21(12-19)29(33,34)35/h7-9,11-14,16,24H,5-6,10,15H2,1-4H3,(H,36,39)(H,37,41). The second kappa shape index (κ2) is 12.9. The van der Waals surface area contributed by atoms with E-state index in [2.05, 4.69) is 10.6 Å². The topological polar surface area (TPSA) is 87.7 Å². The maximum Gasteiger partial charge on any atom is 0.416 e. The van der Waals surface area contributed by atoms with E-state index >= 15 is 0 Å². The number of hydrogen-bond acceptors (Lipinski definition) is 4. The van der Waals surface area contributed by atoms with Gasteiger partial charge in [-0.1, -0.05) is 39.3 Å². The van der Waals surface area contributed by atoms with Crippen molar-refractivity contribution in [3.8, 4) is 0 Å². The molecule has 42 heavy (non-hydrogen) atoms. The first-order valence-electron chi connectivity index (χ1n) is 13.2. The number of nitrogens with zero attached hydrogens (tertiary/aromatic N) is 1. The number of unbranched alkanes of at least 4 members (excludes halogenated alkanes) is 1. The van der Waals surface area contributed by atoms with E-state index in [0.29, 0.717) is 36.4 Å². The van der Waals surface area contributed by atoms with Gasteiger partial charge in [0.25, 0.3) is 5.91 Å². The zero-order valence-electron chi connectivity index (χ0n) is 23.4. The first-order valence-corrected chi connectivity index (χ1v) is 13.2. The van der Waals surface area contributed by atoms with E-state index in [1.54, 1.807) is 13.0 Å². The van der Waals surface area contributed by atoms with Gasteiger partial charge in [0, 0.05) is 23.5 Å². The zero-order valence-corrected chi connectivity index (χ0v) is 23.4. The lowest BCUT2D eigenvalue weighted by molar-refractivity contribution is -0.143. The van der Waals surface area contributed by atoms with Crippen molar-refractivity contribution in [2.45, 2.75) is 58.9 Å². The Morgan fingerprint density at radius 3 is 2.19 bits per heavy atom.